The van der Waals surface area contributed by atoms with Crippen molar-refractivity contribution in [3.8, 4) is 0 Å². The quantitative estimate of drug-likeness (QED) is 0.586. The van der Waals surface area contributed by atoms with Crippen LogP contribution in [0.25, 0.3) is 0 Å². The zero-order chi connectivity index (χ0) is 10.8. The first-order valence-electron chi connectivity index (χ1n) is 4.96. The van der Waals surface area contributed by atoms with Gasteiger partial charge in [0.1, 0.15) is 5.76 Å². The maximum absolute atomic E-state index is 10.6. The summed E-state index contributed by atoms with van der Waals surface area (Å²) >= 11 is 0. The first-order valence-corrected chi connectivity index (χ1v) is 4.96. The molecule has 1 aromatic heterocycles. The number of furan rings is 1. The van der Waals surface area contributed by atoms with Crippen molar-refractivity contribution in [3.05, 3.63) is 24.2 Å². The van der Waals surface area contributed by atoms with Crippen molar-refractivity contribution in [2.24, 2.45) is 11.7 Å². The van der Waals surface area contributed by atoms with Crippen LogP contribution in [0.4, 0.5) is 4.79 Å². The van der Waals surface area contributed by atoms with E-state index in [1.807, 2.05) is 12.1 Å². The number of rotatable bonds is 3. The summed E-state index contributed by atoms with van der Waals surface area (Å²) < 4.78 is 5.27. The highest BCUT2D eigenvalue weighted by molar-refractivity contribution is 5.70. The molecule has 0 radical (unpaired) electrons. The highest BCUT2D eigenvalue weighted by Gasteiger charge is 2.33. The molecule has 1 fully saturated rings. The fourth-order valence-electron chi connectivity index (χ4n) is 1.98. The van der Waals surface area contributed by atoms with Crippen LogP contribution in [0.1, 0.15) is 24.5 Å². The average molecular weight is 210 g/mol. The Morgan fingerprint density at radius 3 is 2.93 bits per heavy atom. The molecule has 0 bridgehead atoms. The largest absolute Gasteiger partial charge is 0.469 e. The maximum atomic E-state index is 10.6. The number of nitrogens with zero attached hydrogens (tertiary/aromatic N) is 1. The van der Waals surface area contributed by atoms with Crippen molar-refractivity contribution in [2.75, 3.05) is 6.54 Å². The molecule has 1 saturated carbocycles. The van der Waals surface area contributed by atoms with Crippen LogP contribution in [0.2, 0.25) is 0 Å². The molecule has 5 heteroatoms. The Morgan fingerprint density at radius 1 is 1.67 bits per heavy atom. The predicted octanol–water partition coefficient (Wildman–Crippen LogP) is 1.54. The van der Waals surface area contributed by atoms with E-state index in [0.29, 0.717) is 23.4 Å². The van der Waals surface area contributed by atoms with Crippen LogP contribution in [0.5, 0.6) is 0 Å². The lowest BCUT2D eigenvalue weighted by Crippen LogP contribution is -2.39. The van der Waals surface area contributed by atoms with Gasteiger partial charge in [0, 0.05) is 5.92 Å². The SMILES string of the molecule is NC(=O)N(O)CC1CC(c2ccco2)C1. The van der Waals surface area contributed by atoms with E-state index in [1.165, 1.54) is 0 Å². The molecule has 5 nitrogen and oxygen atoms in total. The van der Waals surface area contributed by atoms with Gasteiger partial charge >= 0.3 is 6.03 Å². The minimum Gasteiger partial charge on any atom is -0.469 e. The van der Waals surface area contributed by atoms with Gasteiger partial charge in [-0.3, -0.25) is 5.21 Å². The molecule has 0 unspecified atom stereocenters. The van der Waals surface area contributed by atoms with E-state index >= 15 is 0 Å². The van der Waals surface area contributed by atoms with Crippen LogP contribution in [0, 0.1) is 5.92 Å². The average Bonchev–Trinajstić information content (AvgIpc) is 2.62. The second-order valence-electron chi connectivity index (χ2n) is 3.97. The topological polar surface area (TPSA) is 79.7 Å². The smallest absolute Gasteiger partial charge is 0.338 e. The van der Waals surface area contributed by atoms with Crippen LogP contribution < -0.4 is 5.73 Å². The molecule has 0 aromatic carbocycles. The van der Waals surface area contributed by atoms with Crippen molar-refractivity contribution >= 4 is 6.03 Å². The highest BCUT2D eigenvalue weighted by atomic mass is 16.5. The normalized spacial score (nSPS) is 24.6. The summed E-state index contributed by atoms with van der Waals surface area (Å²) in [5.74, 6) is 1.72. The molecule has 2 rings (SSSR count). The lowest BCUT2D eigenvalue weighted by molar-refractivity contribution is -0.0610. The van der Waals surface area contributed by atoms with Crippen molar-refractivity contribution in [1.82, 2.24) is 5.06 Å². The van der Waals surface area contributed by atoms with Crippen molar-refractivity contribution < 1.29 is 14.4 Å². The molecule has 0 aliphatic heterocycles. The molecule has 15 heavy (non-hydrogen) atoms. The molecule has 1 aromatic rings. The van der Waals surface area contributed by atoms with Gasteiger partial charge in [-0.25, -0.2) is 9.86 Å². The Hall–Kier alpha value is -1.49. The Kier molecular flexibility index (Phi) is 2.64. The fourth-order valence-corrected chi connectivity index (χ4v) is 1.98. The summed E-state index contributed by atoms with van der Waals surface area (Å²) in [6.45, 7) is 0.312. The van der Waals surface area contributed by atoms with Gasteiger partial charge in [0.25, 0.3) is 0 Å². The standard InChI is InChI=1S/C10H14N2O3/c11-10(13)12(14)6-7-4-8(5-7)9-2-1-3-15-9/h1-3,7-8,14H,4-6H2,(H2,11,13). The minimum absolute atomic E-state index is 0.312. The molecule has 1 heterocycles. The Balaban J connectivity index is 1.77. The number of nitrogens with two attached hydrogens (primary N) is 1. The number of hydroxylamine groups is 2. The molecule has 0 atom stereocenters. The van der Waals surface area contributed by atoms with E-state index in [1.54, 1.807) is 6.26 Å². The number of carbonyl (C=O) groups is 1. The molecule has 1 aliphatic rings. The zero-order valence-electron chi connectivity index (χ0n) is 8.30. The summed E-state index contributed by atoms with van der Waals surface area (Å²) in [6, 6.07) is 3.02. The summed E-state index contributed by atoms with van der Waals surface area (Å²) in [7, 11) is 0. The summed E-state index contributed by atoms with van der Waals surface area (Å²) in [6.07, 6.45) is 3.51. The molecule has 3 N–H and O–H groups in total. The van der Waals surface area contributed by atoms with Crippen LogP contribution in [0.3, 0.4) is 0 Å². The van der Waals surface area contributed by atoms with Gasteiger partial charge in [-0.15, -0.1) is 0 Å². The second kappa shape index (κ2) is 3.94. The van der Waals surface area contributed by atoms with Gasteiger partial charge < -0.3 is 10.2 Å². The van der Waals surface area contributed by atoms with E-state index in [2.05, 4.69) is 0 Å². The molecule has 2 amide bonds. The third-order valence-corrected chi connectivity index (χ3v) is 2.87. The lowest BCUT2D eigenvalue weighted by Gasteiger charge is -2.35. The highest BCUT2D eigenvalue weighted by Crippen LogP contribution is 2.41. The second-order valence-corrected chi connectivity index (χ2v) is 3.97. The Labute approximate surface area is 87.4 Å². The fraction of sp³-hybridized carbons (Fsp3) is 0.500. The number of hydrogen-bond acceptors (Lipinski definition) is 3. The van der Waals surface area contributed by atoms with E-state index in [0.717, 1.165) is 18.6 Å². The van der Waals surface area contributed by atoms with Crippen LogP contribution in [0.15, 0.2) is 22.8 Å². The molecule has 0 spiro atoms. The zero-order valence-corrected chi connectivity index (χ0v) is 8.30. The molecular weight excluding hydrogens is 196 g/mol. The Morgan fingerprint density at radius 2 is 2.40 bits per heavy atom. The number of amides is 2. The maximum Gasteiger partial charge on any atom is 0.338 e. The van der Waals surface area contributed by atoms with Gasteiger partial charge in [0.15, 0.2) is 0 Å². The van der Waals surface area contributed by atoms with E-state index in [4.69, 9.17) is 15.4 Å². The van der Waals surface area contributed by atoms with E-state index in [-0.39, 0.29) is 0 Å². The first-order chi connectivity index (χ1) is 7.16. The van der Waals surface area contributed by atoms with Crippen molar-refractivity contribution in [2.45, 2.75) is 18.8 Å². The molecule has 82 valence electrons. The Bertz CT molecular complexity index is 330. The summed E-state index contributed by atoms with van der Waals surface area (Å²) in [5.41, 5.74) is 4.91. The number of carbonyl (C=O) groups excluding carboxylic acids is 1. The summed E-state index contributed by atoms with van der Waals surface area (Å²) in [4.78, 5) is 10.6. The third kappa shape index (κ3) is 2.12. The first kappa shape index (κ1) is 10.0. The van der Waals surface area contributed by atoms with E-state index < -0.39 is 6.03 Å². The van der Waals surface area contributed by atoms with Crippen LogP contribution >= 0.6 is 0 Å². The minimum atomic E-state index is -0.795. The van der Waals surface area contributed by atoms with Gasteiger partial charge in [-0.05, 0) is 30.9 Å². The van der Waals surface area contributed by atoms with Gasteiger partial charge in [0.2, 0.25) is 0 Å². The van der Waals surface area contributed by atoms with Crippen molar-refractivity contribution in [3.63, 3.8) is 0 Å². The van der Waals surface area contributed by atoms with E-state index in [9.17, 15) is 4.79 Å². The number of hydrogen-bond donors (Lipinski definition) is 2. The predicted molar refractivity (Wildman–Crippen MR) is 52.2 cm³/mol. The van der Waals surface area contributed by atoms with Crippen LogP contribution in [-0.4, -0.2) is 22.8 Å². The molecule has 1 aliphatic carbocycles. The lowest BCUT2D eigenvalue weighted by atomic mass is 9.73. The van der Waals surface area contributed by atoms with Crippen molar-refractivity contribution in [1.29, 1.82) is 0 Å². The number of urea groups is 1. The molecule has 0 saturated heterocycles. The van der Waals surface area contributed by atoms with Gasteiger partial charge in [-0.2, -0.15) is 0 Å². The monoisotopic (exact) mass is 210 g/mol. The van der Waals surface area contributed by atoms with Gasteiger partial charge in [-0.1, -0.05) is 0 Å². The van der Waals surface area contributed by atoms with Gasteiger partial charge in [0.05, 0.1) is 12.8 Å². The summed E-state index contributed by atoms with van der Waals surface area (Å²) in [5, 5.41) is 9.69. The third-order valence-electron chi connectivity index (χ3n) is 2.87. The number of primary amides is 1. The molecular formula is C10H14N2O3. The van der Waals surface area contributed by atoms with Crippen LogP contribution in [-0.2, 0) is 0 Å².